The van der Waals surface area contributed by atoms with Crippen LogP contribution in [-0.2, 0) is 16.1 Å². The molecule has 1 saturated heterocycles. The molecule has 0 radical (unpaired) electrons. The molecule has 2 heterocycles. The van der Waals surface area contributed by atoms with Gasteiger partial charge in [0.2, 0.25) is 5.91 Å². The van der Waals surface area contributed by atoms with Gasteiger partial charge in [0.25, 0.3) is 0 Å². The minimum Gasteiger partial charge on any atom is -0.362 e. The van der Waals surface area contributed by atoms with Crippen molar-refractivity contribution in [2.75, 3.05) is 19.8 Å². The number of alkyl halides is 3. The second-order valence-corrected chi connectivity index (χ2v) is 5.60. The van der Waals surface area contributed by atoms with Gasteiger partial charge in [0.05, 0.1) is 18.3 Å². The summed E-state index contributed by atoms with van der Waals surface area (Å²) >= 11 is 0. The van der Waals surface area contributed by atoms with E-state index in [4.69, 9.17) is 0 Å². The van der Waals surface area contributed by atoms with E-state index >= 15 is 0 Å². The highest BCUT2D eigenvalue weighted by Gasteiger charge is 2.31. The van der Waals surface area contributed by atoms with Crippen molar-refractivity contribution in [1.82, 2.24) is 14.7 Å². The number of ether oxygens (including phenoxy) is 1. The molecule has 0 aromatic carbocycles. The lowest BCUT2D eigenvalue weighted by Gasteiger charge is -2.25. The molecule has 8 heteroatoms. The number of hydrogen-bond donors (Lipinski definition) is 0. The van der Waals surface area contributed by atoms with Crippen molar-refractivity contribution in [3.05, 3.63) is 17.5 Å². The smallest absolute Gasteiger partial charge is 0.362 e. The Bertz CT molecular complexity index is 528. The minimum atomic E-state index is -4.41. The van der Waals surface area contributed by atoms with E-state index in [-0.39, 0.29) is 6.04 Å². The summed E-state index contributed by atoms with van der Waals surface area (Å²) in [6, 6.07) is 1.91. The van der Waals surface area contributed by atoms with E-state index in [0.29, 0.717) is 13.1 Å². The summed E-state index contributed by atoms with van der Waals surface area (Å²) in [5, 5.41) is 4.36. The predicted molar refractivity (Wildman–Crippen MR) is 73.3 cm³/mol. The van der Waals surface area contributed by atoms with Gasteiger partial charge in [-0.2, -0.15) is 18.3 Å². The zero-order valence-corrected chi connectivity index (χ0v) is 12.7. The molecule has 1 aromatic rings. The van der Waals surface area contributed by atoms with Gasteiger partial charge in [-0.1, -0.05) is 0 Å². The van der Waals surface area contributed by atoms with E-state index in [2.05, 4.69) is 9.84 Å². The van der Waals surface area contributed by atoms with Gasteiger partial charge in [0, 0.05) is 12.2 Å². The average Bonchev–Trinajstić information content (AvgIpc) is 2.95. The van der Waals surface area contributed by atoms with Crippen molar-refractivity contribution < 1.29 is 22.7 Å². The maximum atomic E-state index is 12.0. The molecule has 1 aliphatic rings. The highest BCUT2D eigenvalue weighted by molar-refractivity contribution is 5.78. The van der Waals surface area contributed by atoms with Crippen molar-refractivity contribution in [1.29, 1.82) is 0 Å². The first-order valence-electron chi connectivity index (χ1n) is 7.21. The zero-order valence-electron chi connectivity index (χ0n) is 12.7. The predicted octanol–water partition coefficient (Wildman–Crippen LogP) is 2.07. The quantitative estimate of drug-likeness (QED) is 0.835. The summed E-state index contributed by atoms with van der Waals surface area (Å²) in [5.41, 5.74) is 1.91. The third kappa shape index (κ3) is 4.46. The van der Waals surface area contributed by atoms with Crippen molar-refractivity contribution in [3.8, 4) is 0 Å². The molecule has 0 spiro atoms. The molecule has 22 heavy (non-hydrogen) atoms. The van der Waals surface area contributed by atoms with Crippen LogP contribution < -0.4 is 0 Å². The molecule has 0 bridgehead atoms. The van der Waals surface area contributed by atoms with E-state index < -0.39 is 25.3 Å². The summed E-state index contributed by atoms with van der Waals surface area (Å²) in [7, 11) is 0. The van der Waals surface area contributed by atoms with Crippen molar-refractivity contribution in [2.24, 2.45) is 0 Å². The number of nitrogens with zero attached hydrogens (tertiary/aromatic N) is 3. The largest absolute Gasteiger partial charge is 0.411 e. The summed E-state index contributed by atoms with van der Waals surface area (Å²) in [6.45, 7) is 3.02. The number of rotatable bonds is 5. The topological polar surface area (TPSA) is 47.4 Å². The van der Waals surface area contributed by atoms with Crippen molar-refractivity contribution >= 4 is 5.91 Å². The van der Waals surface area contributed by atoms with Crippen LogP contribution in [0.25, 0.3) is 0 Å². The molecule has 1 aliphatic heterocycles. The molecule has 1 amide bonds. The number of aryl methyl sites for hydroxylation is 2. The lowest BCUT2D eigenvalue weighted by molar-refractivity contribution is -0.178. The Morgan fingerprint density at radius 2 is 2.18 bits per heavy atom. The summed E-state index contributed by atoms with van der Waals surface area (Å²) < 4.78 is 42.4. The van der Waals surface area contributed by atoms with E-state index in [1.54, 1.807) is 4.90 Å². The van der Waals surface area contributed by atoms with E-state index in [9.17, 15) is 18.0 Å². The van der Waals surface area contributed by atoms with Gasteiger partial charge in [0.1, 0.15) is 13.2 Å². The van der Waals surface area contributed by atoms with Crippen LogP contribution in [0.2, 0.25) is 0 Å². The van der Waals surface area contributed by atoms with Gasteiger partial charge in [-0.25, -0.2) is 0 Å². The molecule has 0 unspecified atom stereocenters. The van der Waals surface area contributed by atoms with Gasteiger partial charge in [-0.15, -0.1) is 0 Å². The van der Waals surface area contributed by atoms with Gasteiger partial charge in [-0.05, 0) is 32.8 Å². The maximum Gasteiger partial charge on any atom is 0.411 e. The first-order chi connectivity index (χ1) is 10.3. The van der Waals surface area contributed by atoms with Gasteiger partial charge in [0.15, 0.2) is 0 Å². The van der Waals surface area contributed by atoms with Crippen LogP contribution in [-0.4, -0.2) is 52.6 Å². The zero-order chi connectivity index (χ0) is 16.3. The minimum absolute atomic E-state index is 0.0417. The number of carbonyl (C=O) groups excluding carboxylic acids is 1. The lowest BCUT2D eigenvalue weighted by Crippen LogP contribution is -2.41. The lowest BCUT2D eigenvalue weighted by atomic mass is 10.2. The van der Waals surface area contributed by atoms with E-state index in [1.165, 1.54) is 0 Å². The van der Waals surface area contributed by atoms with Crippen molar-refractivity contribution in [3.63, 3.8) is 0 Å². The highest BCUT2D eigenvalue weighted by Crippen LogP contribution is 2.20. The summed E-state index contributed by atoms with van der Waals surface area (Å²) in [5.74, 6) is -0.395. The first kappa shape index (κ1) is 16.8. The molecule has 124 valence electrons. The normalized spacial score (nSPS) is 19.0. The highest BCUT2D eigenvalue weighted by atomic mass is 19.4. The SMILES string of the molecule is Cc1cc(C)n(C[C@@H]2CCCN2C(=O)COCC(F)(F)F)n1. The Morgan fingerprint density at radius 3 is 2.77 bits per heavy atom. The Labute approximate surface area is 127 Å². The summed E-state index contributed by atoms with van der Waals surface area (Å²) in [4.78, 5) is 13.6. The third-order valence-electron chi connectivity index (χ3n) is 3.68. The number of likely N-dealkylation sites (tertiary alicyclic amines) is 1. The van der Waals surface area contributed by atoms with Gasteiger partial charge < -0.3 is 9.64 Å². The van der Waals surface area contributed by atoms with Crippen LogP contribution >= 0.6 is 0 Å². The van der Waals surface area contributed by atoms with E-state index in [1.807, 2.05) is 24.6 Å². The molecule has 0 saturated carbocycles. The fraction of sp³-hybridized carbons (Fsp3) is 0.714. The summed E-state index contributed by atoms with van der Waals surface area (Å²) in [6.07, 6.45) is -2.74. The molecule has 5 nitrogen and oxygen atoms in total. The fourth-order valence-electron chi connectivity index (χ4n) is 2.75. The Kier molecular flexibility index (Phi) is 5.10. The maximum absolute atomic E-state index is 12.0. The average molecular weight is 319 g/mol. The number of halogens is 3. The molecule has 1 atom stereocenters. The molecule has 2 rings (SSSR count). The number of carbonyl (C=O) groups is 1. The molecule has 1 fully saturated rings. The molecular formula is C14H20F3N3O2. The van der Waals surface area contributed by atoms with E-state index in [0.717, 1.165) is 24.2 Å². The first-order valence-corrected chi connectivity index (χ1v) is 7.21. The third-order valence-corrected chi connectivity index (χ3v) is 3.68. The standard InChI is InChI=1S/C14H20F3N3O2/c1-10-6-11(2)20(18-10)7-12-4-3-5-19(12)13(21)8-22-9-14(15,16)17/h6,12H,3-5,7-9H2,1-2H3/t12-/m0/s1. The second-order valence-electron chi connectivity index (χ2n) is 5.60. The van der Waals surface area contributed by atoms with Crippen LogP contribution in [0.15, 0.2) is 6.07 Å². The molecular weight excluding hydrogens is 299 g/mol. The van der Waals surface area contributed by atoms with Gasteiger partial charge >= 0.3 is 6.18 Å². The molecule has 1 aromatic heterocycles. The Balaban J connectivity index is 1.90. The molecule has 0 aliphatic carbocycles. The monoisotopic (exact) mass is 319 g/mol. The van der Waals surface area contributed by atoms with Crippen LogP contribution in [0.5, 0.6) is 0 Å². The second kappa shape index (κ2) is 6.68. The Hall–Kier alpha value is -1.57. The van der Waals surface area contributed by atoms with Crippen LogP contribution in [0.4, 0.5) is 13.2 Å². The van der Waals surface area contributed by atoms with Crippen LogP contribution in [0.3, 0.4) is 0 Å². The van der Waals surface area contributed by atoms with Crippen LogP contribution in [0.1, 0.15) is 24.2 Å². The van der Waals surface area contributed by atoms with Gasteiger partial charge in [-0.3, -0.25) is 9.48 Å². The molecule has 0 N–H and O–H groups in total. The number of aromatic nitrogens is 2. The fourth-order valence-corrected chi connectivity index (χ4v) is 2.75. The Morgan fingerprint density at radius 1 is 1.45 bits per heavy atom. The number of hydrogen-bond acceptors (Lipinski definition) is 3. The number of amides is 1. The van der Waals surface area contributed by atoms with Crippen LogP contribution in [0, 0.1) is 13.8 Å². The van der Waals surface area contributed by atoms with Crippen molar-refractivity contribution in [2.45, 2.75) is 45.5 Å².